The highest BCUT2D eigenvalue weighted by Gasteiger charge is 2.04. The molecule has 0 heterocycles. The first-order valence-corrected chi connectivity index (χ1v) is 7.22. The van der Waals surface area contributed by atoms with E-state index in [0.717, 1.165) is 11.1 Å². The summed E-state index contributed by atoms with van der Waals surface area (Å²) in [7, 11) is 3.12. The van der Waals surface area contributed by atoms with E-state index in [2.05, 4.69) is 0 Å². The lowest BCUT2D eigenvalue weighted by Gasteiger charge is -2.07. The Morgan fingerprint density at radius 1 is 1.08 bits per heavy atom. The molecule has 2 aromatic carbocycles. The second-order valence-corrected chi connectivity index (χ2v) is 4.86. The largest absolute Gasteiger partial charge is 0.493 e. The van der Waals surface area contributed by atoms with Crippen LogP contribution in [-0.2, 0) is 16.1 Å². The predicted octanol–water partition coefficient (Wildman–Crippen LogP) is 3.33. The lowest BCUT2D eigenvalue weighted by atomic mass is 10.1. The number of nitrogens with zero attached hydrogens (tertiary/aromatic N) is 1. The Kier molecular flexibility index (Phi) is 5.98. The van der Waals surface area contributed by atoms with Crippen LogP contribution < -0.4 is 9.47 Å². The fourth-order valence-electron chi connectivity index (χ4n) is 2.00. The summed E-state index contributed by atoms with van der Waals surface area (Å²) in [5, 5.41) is 8.73. The molecule has 0 saturated heterocycles. The summed E-state index contributed by atoms with van der Waals surface area (Å²) >= 11 is 0. The summed E-state index contributed by atoms with van der Waals surface area (Å²) in [6.07, 6.45) is 2.99. The molecule has 0 N–H and O–H groups in total. The molecule has 2 rings (SSSR count). The van der Waals surface area contributed by atoms with Crippen molar-refractivity contribution < 1.29 is 19.0 Å². The number of hydrogen-bond donors (Lipinski definition) is 0. The molecule has 5 heteroatoms. The number of nitriles is 1. The summed E-state index contributed by atoms with van der Waals surface area (Å²) < 4.78 is 15.5. The third-order valence-electron chi connectivity index (χ3n) is 3.28. The third kappa shape index (κ3) is 4.62. The molecule has 2 aromatic rings. The molecule has 5 nitrogen and oxygen atoms in total. The van der Waals surface area contributed by atoms with Gasteiger partial charge < -0.3 is 14.2 Å². The average molecular weight is 323 g/mol. The van der Waals surface area contributed by atoms with E-state index in [0.29, 0.717) is 17.1 Å². The van der Waals surface area contributed by atoms with Gasteiger partial charge in [-0.2, -0.15) is 5.26 Å². The van der Waals surface area contributed by atoms with Crippen LogP contribution in [0.15, 0.2) is 48.5 Å². The molecular formula is C19H17NO4. The van der Waals surface area contributed by atoms with Gasteiger partial charge in [0.15, 0.2) is 11.5 Å². The van der Waals surface area contributed by atoms with E-state index in [-0.39, 0.29) is 6.61 Å². The van der Waals surface area contributed by atoms with Crippen molar-refractivity contribution in [3.63, 3.8) is 0 Å². The van der Waals surface area contributed by atoms with Crippen LogP contribution in [0.3, 0.4) is 0 Å². The molecule has 0 spiro atoms. The SMILES string of the molecule is COc1ccc(C=CC(=O)OCc2ccc(C#N)cc2)cc1OC. The van der Waals surface area contributed by atoms with Crippen molar-refractivity contribution in [1.29, 1.82) is 5.26 Å². The summed E-state index contributed by atoms with van der Waals surface area (Å²) in [6.45, 7) is 0.154. The van der Waals surface area contributed by atoms with Crippen molar-refractivity contribution in [2.24, 2.45) is 0 Å². The first-order valence-electron chi connectivity index (χ1n) is 7.22. The fraction of sp³-hybridized carbons (Fsp3) is 0.158. The van der Waals surface area contributed by atoms with E-state index in [9.17, 15) is 4.79 Å². The number of carbonyl (C=O) groups is 1. The second kappa shape index (κ2) is 8.39. The van der Waals surface area contributed by atoms with E-state index < -0.39 is 5.97 Å². The van der Waals surface area contributed by atoms with Crippen LogP contribution in [0.25, 0.3) is 6.08 Å². The van der Waals surface area contributed by atoms with Crippen molar-refractivity contribution in [3.05, 3.63) is 65.2 Å². The number of hydrogen-bond acceptors (Lipinski definition) is 5. The van der Waals surface area contributed by atoms with Gasteiger partial charge in [0.1, 0.15) is 6.61 Å². The maximum Gasteiger partial charge on any atom is 0.331 e. The molecular weight excluding hydrogens is 306 g/mol. The lowest BCUT2D eigenvalue weighted by molar-refractivity contribution is -0.138. The molecule has 0 aliphatic heterocycles. The van der Waals surface area contributed by atoms with Gasteiger partial charge in [0.2, 0.25) is 0 Å². The highest BCUT2D eigenvalue weighted by atomic mass is 16.5. The van der Waals surface area contributed by atoms with Gasteiger partial charge in [-0.15, -0.1) is 0 Å². The molecule has 0 radical (unpaired) electrons. The second-order valence-electron chi connectivity index (χ2n) is 4.86. The number of ether oxygens (including phenoxy) is 3. The molecule has 0 bridgehead atoms. The number of esters is 1. The van der Waals surface area contributed by atoms with Gasteiger partial charge in [0, 0.05) is 6.08 Å². The van der Waals surface area contributed by atoms with Crippen LogP contribution in [0.2, 0.25) is 0 Å². The molecule has 0 amide bonds. The highest BCUT2D eigenvalue weighted by molar-refractivity contribution is 5.87. The number of rotatable bonds is 6. The van der Waals surface area contributed by atoms with Crippen LogP contribution in [0.4, 0.5) is 0 Å². The molecule has 0 aromatic heterocycles. The van der Waals surface area contributed by atoms with Crippen LogP contribution in [0, 0.1) is 11.3 Å². The molecule has 24 heavy (non-hydrogen) atoms. The first kappa shape index (κ1) is 17.1. The van der Waals surface area contributed by atoms with Gasteiger partial charge in [0.05, 0.1) is 25.9 Å². The summed E-state index contributed by atoms with van der Waals surface area (Å²) in [5.74, 6) is 0.762. The Morgan fingerprint density at radius 3 is 2.42 bits per heavy atom. The van der Waals surface area contributed by atoms with E-state index in [1.807, 2.05) is 12.1 Å². The summed E-state index contributed by atoms with van der Waals surface area (Å²) in [6, 6.07) is 14.3. The number of benzene rings is 2. The molecule has 0 unspecified atom stereocenters. The normalized spacial score (nSPS) is 10.2. The fourth-order valence-corrected chi connectivity index (χ4v) is 2.00. The van der Waals surface area contributed by atoms with Gasteiger partial charge in [-0.25, -0.2) is 4.79 Å². The molecule has 0 atom stereocenters. The highest BCUT2D eigenvalue weighted by Crippen LogP contribution is 2.27. The van der Waals surface area contributed by atoms with Crippen molar-refractivity contribution in [2.45, 2.75) is 6.61 Å². The van der Waals surface area contributed by atoms with Crippen LogP contribution in [-0.4, -0.2) is 20.2 Å². The van der Waals surface area contributed by atoms with Crippen LogP contribution in [0.1, 0.15) is 16.7 Å². The topological polar surface area (TPSA) is 68.5 Å². The average Bonchev–Trinajstić information content (AvgIpc) is 2.64. The Morgan fingerprint density at radius 2 is 1.79 bits per heavy atom. The van der Waals surface area contributed by atoms with E-state index >= 15 is 0 Å². The molecule has 0 saturated carbocycles. The van der Waals surface area contributed by atoms with Gasteiger partial charge in [-0.1, -0.05) is 18.2 Å². The minimum absolute atomic E-state index is 0.154. The van der Waals surface area contributed by atoms with Gasteiger partial charge >= 0.3 is 5.97 Å². The minimum atomic E-state index is -0.450. The third-order valence-corrected chi connectivity index (χ3v) is 3.28. The number of methoxy groups -OCH3 is 2. The standard InChI is InChI=1S/C19H17NO4/c1-22-17-9-7-14(11-18(17)23-2)8-10-19(21)24-13-16-5-3-15(12-20)4-6-16/h3-11H,13H2,1-2H3. The zero-order valence-electron chi connectivity index (χ0n) is 13.5. The van der Waals surface area contributed by atoms with Crippen molar-refractivity contribution >= 4 is 12.0 Å². The Labute approximate surface area is 140 Å². The van der Waals surface area contributed by atoms with E-state index in [1.165, 1.54) is 6.08 Å². The maximum absolute atomic E-state index is 11.8. The molecule has 122 valence electrons. The maximum atomic E-state index is 11.8. The Balaban J connectivity index is 1.94. The van der Waals surface area contributed by atoms with Gasteiger partial charge in [-0.3, -0.25) is 0 Å². The minimum Gasteiger partial charge on any atom is -0.493 e. The van der Waals surface area contributed by atoms with Crippen LogP contribution >= 0.6 is 0 Å². The molecule has 0 aliphatic rings. The molecule has 0 aliphatic carbocycles. The van der Waals surface area contributed by atoms with E-state index in [1.54, 1.807) is 56.7 Å². The summed E-state index contributed by atoms with van der Waals surface area (Å²) in [4.78, 5) is 11.8. The van der Waals surface area contributed by atoms with E-state index in [4.69, 9.17) is 19.5 Å². The van der Waals surface area contributed by atoms with Crippen molar-refractivity contribution in [1.82, 2.24) is 0 Å². The van der Waals surface area contributed by atoms with Crippen molar-refractivity contribution in [3.8, 4) is 17.6 Å². The zero-order valence-corrected chi connectivity index (χ0v) is 13.5. The van der Waals surface area contributed by atoms with Crippen molar-refractivity contribution in [2.75, 3.05) is 14.2 Å². The summed E-state index contributed by atoms with van der Waals surface area (Å²) in [5.41, 5.74) is 2.18. The van der Waals surface area contributed by atoms with Crippen LogP contribution in [0.5, 0.6) is 11.5 Å². The predicted molar refractivity (Wildman–Crippen MR) is 89.5 cm³/mol. The quantitative estimate of drug-likeness (QED) is 0.602. The van der Waals surface area contributed by atoms with Gasteiger partial charge in [-0.05, 0) is 41.5 Å². The first-order chi connectivity index (χ1) is 11.7. The van der Waals surface area contributed by atoms with Gasteiger partial charge in [0.25, 0.3) is 0 Å². The molecule has 0 fully saturated rings. The smallest absolute Gasteiger partial charge is 0.331 e. The lowest BCUT2D eigenvalue weighted by Crippen LogP contribution is -2.00. The Hall–Kier alpha value is -3.26. The number of carbonyl (C=O) groups excluding carboxylic acids is 1. The monoisotopic (exact) mass is 323 g/mol. The zero-order chi connectivity index (χ0) is 17.4. The Bertz CT molecular complexity index is 773.